The van der Waals surface area contributed by atoms with Crippen molar-refractivity contribution >= 4 is 22.7 Å². The maximum atomic E-state index is 7.11. The van der Waals surface area contributed by atoms with E-state index in [1.54, 1.807) is 0 Å². The van der Waals surface area contributed by atoms with Gasteiger partial charge in [-0.15, -0.1) is 0 Å². The molecule has 0 saturated carbocycles. The van der Waals surface area contributed by atoms with Gasteiger partial charge in [0.2, 0.25) is 0 Å². The van der Waals surface area contributed by atoms with Crippen LogP contribution in [0.25, 0.3) is 6.08 Å². The molecule has 1 aromatic rings. The van der Waals surface area contributed by atoms with Gasteiger partial charge >= 0.3 is 0 Å². The average molecular weight is 461 g/mol. The fourth-order valence-electron chi connectivity index (χ4n) is 6.58. The van der Waals surface area contributed by atoms with Crippen LogP contribution in [0.1, 0.15) is 94.2 Å². The standard InChI is InChI=1S/C27H48O2Si2/c1-18(2)30(19(3)4,20(5)6)28-26-16-17-27(25-15-13-14-24(25)26)29-31(21(7)8,22(9)10)23(11)12/h13-14,16-23H,15H2,1-12H3. The molecule has 0 radical (unpaired) electrons. The summed E-state index contributed by atoms with van der Waals surface area (Å²) >= 11 is 0. The monoisotopic (exact) mass is 460 g/mol. The topological polar surface area (TPSA) is 18.5 Å². The zero-order chi connectivity index (χ0) is 23.7. The fourth-order valence-corrected chi connectivity index (χ4v) is 17.1. The SMILES string of the molecule is CC(C)[Si](Oc1ccc(O[Si](C(C)C)(C(C)C)C(C)C)c2c1C=CC2)(C(C)C)C(C)C. The molecule has 0 amide bonds. The van der Waals surface area contributed by atoms with Crippen molar-refractivity contribution < 1.29 is 8.85 Å². The van der Waals surface area contributed by atoms with E-state index in [9.17, 15) is 0 Å². The lowest BCUT2D eigenvalue weighted by molar-refractivity contribution is 0.465. The van der Waals surface area contributed by atoms with Crippen LogP contribution in [-0.2, 0) is 6.42 Å². The van der Waals surface area contributed by atoms with Gasteiger partial charge in [0.25, 0.3) is 16.6 Å². The molecule has 1 aliphatic carbocycles. The Morgan fingerprint density at radius 2 is 0.935 bits per heavy atom. The predicted molar refractivity (Wildman–Crippen MR) is 143 cm³/mol. The Hall–Kier alpha value is -1.01. The highest BCUT2D eigenvalue weighted by Crippen LogP contribution is 2.48. The lowest BCUT2D eigenvalue weighted by Gasteiger charge is -2.43. The summed E-state index contributed by atoms with van der Waals surface area (Å²) in [6.07, 6.45) is 5.48. The van der Waals surface area contributed by atoms with Crippen molar-refractivity contribution in [1.82, 2.24) is 0 Å². The van der Waals surface area contributed by atoms with Gasteiger partial charge in [-0.25, -0.2) is 0 Å². The third-order valence-corrected chi connectivity index (χ3v) is 19.8. The van der Waals surface area contributed by atoms with E-state index >= 15 is 0 Å². The van der Waals surface area contributed by atoms with Gasteiger partial charge in [-0.1, -0.05) is 95.2 Å². The van der Waals surface area contributed by atoms with Crippen LogP contribution in [0.4, 0.5) is 0 Å². The van der Waals surface area contributed by atoms with Gasteiger partial charge in [-0.3, -0.25) is 0 Å². The highest BCUT2D eigenvalue weighted by molar-refractivity contribution is 6.78. The number of benzene rings is 1. The van der Waals surface area contributed by atoms with Crippen LogP contribution in [0.2, 0.25) is 33.2 Å². The molecule has 0 saturated heterocycles. The minimum atomic E-state index is -2.00. The molecule has 2 rings (SSSR count). The summed E-state index contributed by atoms with van der Waals surface area (Å²) in [6, 6.07) is 4.43. The smallest absolute Gasteiger partial charge is 0.258 e. The summed E-state index contributed by atoms with van der Waals surface area (Å²) in [6.45, 7) is 28.3. The van der Waals surface area contributed by atoms with Crippen LogP contribution in [0, 0.1) is 0 Å². The first kappa shape index (κ1) is 26.2. The molecule has 2 nitrogen and oxygen atoms in total. The van der Waals surface area contributed by atoms with Crippen molar-refractivity contribution in [3.05, 3.63) is 29.3 Å². The molecule has 1 aliphatic rings. The zero-order valence-corrected chi connectivity index (χ0v) is 24.3. The molecule has 0 aromatic heterocycles. The van der Waals surface area contributed by atoms with E-state index in [0.717, 1.165) is 17.9 Å². The van der Waals surface area contributed by atoms with E-state index in [1.807, 2.05) is 0 Å². The van der Waals surface area contributed by atoms with Crippen LogP contribution in [-0.4, -0.2) is 16.6 Å². The highest BCUT2D eigenvalue weighted by Gasteiger charge is 2.49. The van der Waals surface area contributed by atoms with Gasteiger partial charge < -0.3 is 8.85 Å². The predicted octanol–water partition coefficient (Wildman–Crippen LogP) is 9.36. The van der Waals surface area contributed by atoms with Gasteiger partial charge in [-0.05, 0) is 51.8 Å². The van der Waals surface area contributed by atoms with E-state index in [2.05, 4.69) is 107 Å². The molecular weight excluding hydrogens is 412 g/mol. The molecule has 0 atom stereocenters. The normalized spacial score (nSPS) is 14.6. The lowest BCUT2D eigenvalue weighted by atomic mass is 10.1. The Kier molecular flexibility index (Phi) is 8.35. The Labute approximate surface area is 195 Å². The average Bonchev–Trinajstić information content (AvgIpc) is 3.13. The van der Waals surface area contributed by atoms with Crippen molar-refractivity contribution in [3.8, 4) is 11.5 Å². The first-order chi connectivity index (χ1) is 14.3. The van der Waals surface area contributed by atoms with E-state index in [1.165, 1.54) is 11.1 Å². The first-order valence-corrected chi connectivity index (χ1v) is 16.8. The van der Waals surface area contributed by atoms with Gasteiger partial charge in [-0.2, -0.15) is 0 Å². The van der Waals surface area contributed by atoms with Gasteiger partial charge in [0.1, 0.15) is 11.5 Å². The van der Waals surface area contributed by atoms with Crippen molar-refractivity contribution in [1.29, 1.82) is 0 Å². The Morgan fingerprint density at radius 1 is 0.581 bits per heavy atom. The molecule has 31 heavy (non-hydrogen) atoms. The number of hydrogen-bond acceptors (Lipinski definition) is 2. The molecule has 1 aromatic carbocycles. The third kappa shape index (κ3) is 4.57. The molecule has 0 spiro atoms. The van der Waals surface area contributed by atoms with E-state index < -0.39 is 16.6 Å². The number of allylic oxidation sites excluding steroid dienone is 1. The van der Waals surface area contributed by atoms with Crippen molar-refractivity contribution in [2.45, 2.75) is 123 Å². The van der Waals surface area contributed by atoms with E-state index in [4.69, 9.17) is 8.85 Å². The largest absolute Gasteiger partial charge is 0.542 e. The summed E-state index contributed by atoms with van der Waals surface area (Å²) in [5.74, 6) is 2.17. The number of hydrogen-bond donors (Lipinski definition) is 0. The number of rotatable bonds is 10. The molecule has 4 heteroatoms. The third-order valence-electron chi connectivity index (χ3n) is 7.87. The van der Waals surface area contributed by atoms with E-state index in [0.29, 0.717) is 33.2 Å². The zero-order valence-electron chi connectivity index (χ0n) is 22.3. The lowest BCUT2D eigenvalue weighted by Crippen LogP contribution is -2.51. The molecular formula is C27H48O2Si2. The minimum absolute atomic E-state index is 0.562. The van der Waals surface area contributed by atoms with Crippen LogP contribution < -0.4 is 8.85 Å². The van der Waals surface area contributed by atoms with Crippen molar-refractivity contribution in [2.75, 3.05) is 0 Å². The van der Waals surface area contributed by atoms with E-state index in [-0.39, 0.29) is 0 Å². The maximum Gasteiger partial charge on any atom is 0.258 e. The minimum Gasteiger partial charge on any atom is -0.542 e. The van der Waals surface area contributed by atoms with Crippen molar-refractivity contribution in [3.63, 3.8) is 0 Å². The second-order valence-corrected chi connectivity index (χ2v) is 22.2. The summed E-state index contributed by atoms with van der Waals surface area (Å²) in [5, 5.41) is 0. The molecule has 0 fully saturated rings. The summed E-state index contributed by atoms with van der Waals surface area (Å²) in [5.41, 5.74) is 5.97. The molecule has 0 aliphatic heterocycles. The number of fused-ring (bicyclic) bond motifs is 1. The van der Waals surface area contributed by atoms with Crippen LogP contribution in [0.15, 0.2) is 18.2 Å². The Bertz CT molecular complexity index is 732. The quantitative estimate of drug-likeness (QED) is 0.324. The second-order valence-electron chi connectivity index (χ2n) is 11.4. The van der Waals surface area contributed by atoms with Gasteiger partial charge in [0.15, 0.2) is 0 Å². The van der Waals surface area contributed by atoms with Crippen LogP contribution in [0.3, 0.4) is 0 Å². The fraction of sp³-hybridized carbons (Fsp3) is 0.704. The maximum absolute atomic E-state index is 7.11. The molecule has 0 N–H and O–H groups in total. The molecule has 0 heterocycles. The summed E-state index contributed by atoms with van der Waals surface area (Å²) < 4.78 is 14.2. The molecule has 0 unspecified atom stereocenters. The van der Waals surface area contributed by atoms with Crippen LogP contribution in [0.5, 0.6) is 11.5 Å². The van der Waals surface area contributed by atoms with Gasteiger partial charge in [0, 0.05) is 11.1 Å². The highest BCUT2D eigenvalue weighted by atomic mass is 28.4. The Morgan fingerprint density at radius 3 is 1.32 bits per heavy atom. The van der Waals surface area contributed by atoms with Crippen LogP contribution >= 0.6 is 0 Å². The summed E-state index contributed by atoms with van der Waals surface area (Å²) in [7, 11) is -3.98. The molecule has 0 bridgehead atoms. The Balaban J connectivity index is 2.55. The summed E-state index contributed by atoms with van der Waals surface area (Å²) in [4.78, 5) is 0. The second kappa shape index (κ2) is 9.86. The first-order valence-electron chi connectivity index (χ1n) is 12.5. The molecule has 176 valence electrons. The van der Waals surface area contributed by atoms with Gasteiger partial charge in [0.05, 0.1) is 0 Å². The van der Waals surface area contributed by atoms with Crippen molar-refractivity contribution in [2.24, 2.45) is 0 Å².